The molecule has 0 radical (unpaired) electrons. The fourth-order valence-corrected chi connectivity index (χ4v) is 2.74. The molecule has 2 aliphatic heterocycles. The van der Waals surface area contributed by atoms with Crippen molar-refractivity contribution < 1.29 is 4.79 Å². The van der Waals surface area contributed by atoms with Crippen LogP contribution in [0.1, 0.15) is 22.3 Å². The molecule has 1 amide bonds. The summed E-state index contributed by atoms with van der Waals surface area (Å²) in [5.41, 5.74) is 2.04. The monoisotopic (exact) mass is 216 g/mol. The molecule has 2 aliphatic rings. The van der Waals surface area contributed by atoms with E-state index in [-0.39, 0.29) is 5.91 Å². The SMILES string of the molecule is CN1C(=O)c2ccccc2CN2CC[C@H]1C2. The van der Waals surface area contributed by atoms with Gasteiger partial charge < -0.3 is 4.90 Å². The molecule has 2 bridgehead atoms. The number of amides is 1. The van der Waals surface area contributed by atoms with Gasteiger partial charge in [0.1, 0.15) is 0 Å². The molecule has 0 N–H and O–H groups in total. The van der Waals surface area contributed by atoms with Crippen molar-refractivity contribution in [1.29, 1.82) is 0 Å². The molecule has 2 atom stereocenters. The van der Waals surface area contributed by atoms with Crippen LogP contribution in [0.25, 0.3) is 0 Å². The Hall–Kier alpha value is -1.35. The third kappa shape index (κ3) is 1.43. The van der Waals surface area contributed by atoms with Gasteiger partial charge in [-0.2, -0.15) is 0 Å². The first-order valence-electron chi connectivity index (χ1n) is 5.83. The average Bonchev–Trinajstić information content (AvgIpc) is 2.76. The van der Waals surface area contributed by atoms with E-state index in [1.54, 1.807) is 0 Å². The van der Waals surface area contributed by atoms with E-state index in [2.05, 4.69) is 11.0 Å². The third-order valence-corrected chi connectivity index (χ3v) is 3.76. The molecule has 0 saturated carbocycles. The Labute approximate surface area is 95.7 Å². The normalized spacial score (nSPS) is 28.6. The minimum atomic E-state index is 0.183. The molecule has 0 aromatic heterocycles. The average molecular weight is 216 g/mol. The summed E-state index contributed by atoms with van der Waals surface area (Å²) in [6, 6.07) is 8.38. The predicted octanol–water partition coefficient (Wildman–Crippen LogP) is 1.35. The quantitative estimate of drug-likeness (QED) is 0.653. The zero-order valence-corrected chi connectivity index (χ0v) is 9.52. The number of carbonyl (C=O) groups excluding carboxylic acids is 1. The molecule has 0 aliphatic carbocycles. The van der Waals surface area contributed by atoms with Crippen molar-refractivity contribution in [3.8, 4) is 0 Å². The van der Waals surface area contributed by atoms with Gasteiger partial charge in [0.05, 0.1) is 0 Å². The summed E-state index contributed by atoms with van der Waals surface area (Å²) in [5, 5.41) is 0. The largest absolute Gasteiger partial charge is 0.337 e. The molecule has 84 valence electrons. The van der Waals surface area contributed by atoms with Crippen LogP contribution in [-0.2, 0) is 6.54 Å². The molecule has 1 aromatic rings. The molecule has 1 fully saturated rings. The van der Waals surface area contributed by atoms with Crippen LogP contribution in [0.4, 0.5) is 0 Å². The van der Waals surface area contributed by atoms with Gasteiger partial charge in [0, 0.05) is 38.3 Å². The van der Waals surface area contributed by atoms with E-state index < -0.39 is 0 Å². The van der Waals surface area contributed by atoms with E-state index in [9.17, 15) is 4.79 Å². The Morgan fingerprint density at radius 1 is 1.31 bits per heavy atom. The molecule has 3 rings (SSSR count). The molecule has 3 heteroatoms. The second kappa shape index (κ2) is 3.59. The third-order valence-electron chi connectivity index (χ3n) is 3.76. The van der Waals surface area contributed by atoms with Crippen LogP contribution >= 0.6 is 0 Å². The predicted molar refractivity (Wildman–Crippen MR) is 62.2 cm³/mol. The van der Waals surface area contributed by atoms with E-state index in [1.165, 1.54) is 5.56 Å². The Balaban J connectivity index is 2.07. The number of fused-ring (bicyclic) bond motifs is 3. The van der Waals surface area contributed by atoms with E-state index in [0.717, 1.165) is 31.6 Å². The van der Waals surface area contributed by atoms with Crippen molar-refractivity contribution in [3.05, 3.63) is 35.4 Å². The van der Waals surface area contributed by atoms with Crippen molar-refractivity contribution in [3.63, 3.8) is 0 Å². The Kier molecular flexibility index (Phi) is 2.21. The molecule has 1 aromatic carbocycles. The molecular weight excluding hydrogens is 200 g/mol. The highest BCUT2D eigenvalue weighted by atomic mass is 16.2. The number of likely N-dealkylation sites (N-methyl/N-ethyl adjacent to an activating group) is 1. The smallest absolute Gasteiger partial charge is 0.254 e. The number of nitrogens with zero attached hydrogens (tertiary/aromatic N) is 2. The van der Waals surface area contributed by atoms with Gasteiger partial charge in [-0.15, -0.1) is 0 Å². The highest BCUT2D eigenvalue weighted by Gasteiger charge is 2.32. The van der Waals surface area contributed by atoms with Crippen LogP contribution in [-0.4, -0.2) is 41.9 Å². The molecule has 2 heterocycles. The van der Waals surface area contributed by atoms with E-state index in [1.807, 2.05) is 30.1 Å². The number of rotatable bonds is 0. The van der Waals surface area contributed by atoms with Crippen LogP contribution in [0.2, 0.25) is 0 Å². The van der Waals surface area contributed by atoms with Gasteiger partial charge in [0.15, 0.2) is 0 Å². The lowest BCUT2D eigenvalue weighted by Crippen LogP contribution is -2.41. The summed E-state index contributed by atoms with van der Waals surface area (Å²) in [6.45, 7) is 3.06. The highest BCUT2D eigenvalue weighted by molar-refractivity contribution is 5.95. The summed E-state index contributed by atoms with van der Waals surface area (Å²) in [6.07, 6.45) is 1.11. The summed E-state index contributed by atoms with van der Waals surface area (Å²) in [5.74, 6) is 0.183. The van der Waals surface area contributed by atoms with Crippen LogP contribution < -0.4 is 0 Å². The highest BCUT2D eigenvalue weighted by Crippen LogP contribution is 2.24. The standard InChI is InChI=1S/C13H16N2O/c1-14-11-6-7-15(9-11)8-10-4-2-3-5-12(10)13(14)16/h2-5,11H,6-9H2,1H3/t11-/m0/s1. The zero-order chi connectivity index (χ0) is 11.1. The van der Waals surface area contributed by atoms with Crippen molar-refractivity contribution in [2.75, 3.05) is 20.1 Å². The van der Waals surface area contributed by atoms with E-state index >= 15 is 0 Å². The minimum Gasteiger partial charge on any atom is -0.337 e. The van der Waals surface area contributed by atoms with Gasteiger partial charge >= 0.3 is 0 Å². The molecular formula is C13H16N2O. The number of hydrogen-bond donors (Lipinski definition) is 0. The second-order valence-electron chi connectivity index (χ2n) is 4.75. The summed E-state index contributed by atoms with van der Waals surface area (Å²) < 4.78 is 0. The number of carbonyl (C=O) groups is 1. The first-order valence-corrected chi connectivity index (χ1v) is 5.83. The van der Waals surface area contributed by atoms with Gasteiger partial charge in [0.25, 0.3) is 5.91 Å². The Morgan fingerprint density at radius 3 is 3.00 bits per heavy atom. The molecule has 0 spiro atoms. The van der Waals surface area contributed by atoms with E-state index in [4.69, 9.17) is 0 Å². The topological polar surface area (TPSA) is 23.6 Å². The maximum absolute atomic E-state index is 12.3. The van der Waals surface area contributed by atoms with Crippen molar-refractivity contribution in [2.24, 2.45) is 0 Å². The van der Waals surface area contributed by atoms with E-state index in [0.29, 0.717) is 6.04 Å². The van der Waals surface area contributed by atoms with Crippen molar-refractivity contribution >= 4 is 5.91 Å². The maximum Gasteiger partial charge on any atom is 0.254 e. The van der Waals surface area contributed by atoms with Crippen LogP contribution in [0, 0.1) is 0 Å². The lowest BCUT2D eigenvalue weighted by Gasteiger charge is -2.29. The first-order chi connectivity index (χ1) is 7.75. The fraction of sp³-hybridized carbons (Fsp3) is 0.462. The lowest BCUT2D eigenvalue weighted by molar-refractivity contribution is 0.0724. The van der Waals surface area contributed by atoms with Crippen LogP contribution in [0.15, 0.2) is 24.3 Å². The van der Waals surface area contributed by atoms with Crippen LogP contribution in [0.5, 0.6) is 0 Å². The Morgan fingerprint density at radius 2 is 2.12 bits per heavy atom. The summed E-state index contributed by atoms with van der Waals surface area (Å²) in [7, 11) is 1.93. The van der Waals surface area contributed by atoms with Gasteiger partial charge in [-0.25, -0.2) is 0 Å². The molecule has 16 heavy (non-hydrogen) atoms. The zero-order valence-electron chi connectivity index (χ0n) is 9.52. The Bertz CT molecular complexity index is 430. The fourth-order valence-electron chi connectivity index (χ4n) is 2.74. The van der Waals surface area contributed by atoms with Gasteiger partial charge in [-0.3, -0.25) is 9.69 Å². The summed E-state index contributed by atoms with van der Waals surface area (Å²) >= 11 is 0. The molecule has 3 nitrogen and oxygen atoms in total. The van der Waals surface area contributed by atoms with Gasteiger partial charge in [-0.1, -0.05) is 18.2 Å². The van der Waals surface area contributed by atoms with Crippen molar-refractivity contribution in [2.45, 2.75) is 19.0 Å². The maximum atomic E-state index is 12.3. The molecule has 1 unspecified atom stereocenters. The van der Waals surface area contributed by atoms with Gasteiger partial charge in [-0.05, 0) is 18.1 Å². The van der Waals surface area contributed by atoms with Crippen LogP contribution in [0.3, 0.4) is 0 Å². The number of benzene rings is 1. The summed E-state index contributed by atoms with van der Waals surface area (Å²) in [4.78, 5) is 16.6. The minimum absolute atomic E-state index is 0.183. The second-order valence-corrected chi connectivity index (χ2v) is 4.75. The molecule has 1 saturated heterocycles. The number of hydrogen-bond acceptors (Lipinski definition) is 2. The lowest BCUT2D eigenvalue weighted by atomic mass is 10.0. The first kappa shape index (κ1) is 9.85. The van der Waals surface area contributed by atoms with Gasteiger partial charge in [0.2, 0.25) is 0 Å². The van der Waals surface area contributed by atoms with Crippen molar-refractivity contribution in [1.82, 2.24) is 9.80 Å².